The van der Waals surface area contributed by atoms with Crippen LogP contribution in [0.15, 0.2) is 34.9 Å². The fraction of sp³-hybridized carbons (Fsp3) is 0.250. The van der Waals surface area contributed by atoms with Gasteiger partial charge in [0, 0.05) is 25.5 Å². The second-order valence-electron chi connectivity index (χ2n) is 3.55. The zero-order valence-corrected chi connectivity index (χ0v) is 9.51. The SMILES string of the molecule is CNC(=O)CCc1nc(-c2ccccc2)no1. The summed E-state index contributed by atoms with van der Waals surface area (Å²) >= 11 is 0. The quantitative estimate of drug-likeness (QED) is 0.864. The summed E-state index contributed by atoms with van der Waals surface area (Å²) in [6.07, 6.45) is 0.812. The Morgan fingerprint density at radius 2 is 2.12 bits per heavy atom. The average molecular weight is 231 g/mol. The van der Waals surface area contributed by atoms with Crippen LogP contribution in [0.1, 0.15) is 12.3 Å². The van der Waals surface area contributed by atoms with Crippen molar-refractivity contribution in [2.45, 2.75) is 12.8 Å². The molecule has 0 atom stereocenters. The van der Waals surface area contributed by atoms with Crippen LogP contribution in [-0.2, 0) is 11.2 Å². The van der Waals surface area contributed by atoms with Crippen LogP contribution in [0.3, 0.4) is 0 Å². The summed E-state index contributed by atoms with van der Waals surface area (Å²) in [5, 5.41) is 6.42. The topological polar surface area (TPSA) is 68.0 Å². The average Bonchev–Trinajstić information content (AvgIpc) is 2.86. The molecule has 5 nitrogen and oxygen atoms in total. The summed E-state index contributed by atoms with van der Waals surface area (Å²) in [6.45, 7) is 0. The second-order valence-corrected chi connectivity index (χ2v) is 3.55. The fourth-order valence-electron chi connectivity index (χ4n) is 1.41. The lowest BCUT2D eigenvalue weighted by atomic mass is 10.2. The van der Waals surface area contributed by atoms with E-state index in [0.717, 1.165) is 5.56 Å². The van der Waals surface area contributed by atoms with Crippen molar-refractivity contribution in [2.75, 3.05) is 7.05 Å². The molecule has 17 heavy (non-hydrogen) atoms. The van der Waals surface area contributed by atoms with E-state index in [1.165, 1.54) is 0 Å². The molecule has 2 rings (SSSR count). The summed E-state index contributed by atoms with van der Waals surface area (Å²) in [7, 11) is 1.60. The fourth-order valence-corrected chi connectivity index (χ4v) is 1.41. The Morgan fingerprint density at radius 3 is 2.82 bits per heavy atom. The monoisotopic (exact) mass is 231 g/mol. The highest BCUT2D eigenvalue weighted by Crippen LogP contribution is 2.15. The first-order chi connectivity index (χ1) is 8.29. The molecule has 0 spiro atoms. The van der Waals surface area contributed by atoms with E-state index in [-0.39, 0.29) is 5.91 Å². The highest BCUT2D eigenvalue weighted by atomic mass is 16.5. The summed E-state index contributed by atoms with van der Waals surface area (Å²) < 4.78 is 5.07. The molecule has 0 saturated heterocycles. The van der Waals surface area contributed by atoms with Crippen LogP contribution in [0.2, 0.25) is 0 Å². The van der Waals surface area contributed by atoms with E-state index in [0.29, 0.717) is 24.6 Å². The summed E-state index contributed by atoms with van der Waals surface area (Å²) in [5.74, 6) is 0.995. The van der Waals surface area contributed by atoms with E-state index in [9.17, 15) is 4.79 Å². The Hall–Kier alpha value is -2.17. The van der Waals surface area contributed by atoms with Gasteiger partial charge in [-0.1, -0.05) is 35.5 Å². The Balaban J connectivity index is 2.04. The highest BCUT2D eigenvalue weighted by molar-refractivity contribution is 5.75. The highest BCUT2D eigenvalue weighted by Gasteiger charge is 2.09. The minimum Gasteiger partial charge on any atom is -0.359 e. The van der Waals surface area contributed by atoms with Crippen LogP contribution in [0.4, 0.5) is 0 Å². The first-order valence-corrected chi connectivity index (χ1v) is 5.38. The summed E-state index contributed by atoms with van der Waals surface area (Å²) in [5.41, 5.74) is 0.905. The van der Waals surface area contributed by atoms with Crippen molar-refractivity contribution in [2.24, 2.45) is 0 Å². The summed E-state index contributed by atoms with van der Waals surface area (Å²) in [6, 6.07) is 9.57. The lowest BCUT2D eigenvalue weighted by Crippen LogP contribution is -2.17. The molecule has 0 radical (unpaired) electrons. The van der Waals surface area contributed by atoms with E-state index < -0.39 is 0 Å². The normalized spacial score (nSPS) is 10.2. The Labute approximate surface area is 98.8 Å². The molecule has 1 heterocycles. The first-order valence-electron chi connectivity index (χ1n) is 5.38. The van der Waals surface area contributed by atoms with E-state index in [2.05, 4.69) is 15.5 Å². The van der Waals surface area contributed by atoms with Crippen LogP contribution in [0.25, 0.3) is 11.4 Å². The molecule has 1 N–H and O–H groups in total. The number of benzene rings is 1. The van der Waals surface area contributed by atoms with E-state index in [4.69, 9.17) is 4.52 Å². The largest absolute Gasteiger partial charge is 0.359 e. The first kappa shape index (κ1) is 11.3. The molecule has 0 saturated carbocycles. The molecule has 1 aromatic carbocycles. The van der Waals surface area contributed by atoms with Gasteiger partial charge in [-0.15, -0.1) is 0 Å². The van der Waals surface area contributed by atoms with Crippen LogP contribution in [-0.4, -0.2) is 23.1 Å². The van der Waals surface area contributed by atoms with Crippen molar-refractivity contribution >= 4 is 5.91 Å². The van der Waals surface area contributed by atoms with Crippen molar-refractivity contribution in [3.8, 4) is 11.4 Å². The molecule has 0 unspecified atom stereocenters. The van der Waals surface area contributed by atoms with Gasteiger partial charge in [0.15, 0.2) is 0 Å². The number of carbonyl (C=O) groups excluding carboxylic acids is 1. The number of carbonyl (C=O) groups is 1. The maximum absolute atomic E-state index is 11.1. The third kappa shape index (κ3) is 2.90. The maximum atomic E-state index is 11.1. The van der Waals surface area contributed by atoms with Crippen molar-refractivity contribution in [3.63, 3.8) is 0 Å². The minimum absolute atomic E-state index is 0.0375. The molecule has 0 fully saturated rings. The van der Waals surface area contributed by atoms with Crippen molar-refractivity contribution in [1.82, 2.24) is 15.5 Å². The van der Waals surface area contributed by atoms with Gasteiger partial charge < -0.3 is 9.84 Å². The molecular formula is C12H13N3O2. The van der Waals surface area contributed by atoms with Gasteiger partial charge in [-0.3, -0.25) is 4.79 Å². The van der Waals surface area contributed by atoms with Gasteiger partial charge in [-0.25, -0.2) is 0 Å². The van der Waals surface area contributed by atoms with Crippen LogP contribution < -0.4 is 5.32 Å². The Morgan fingerprint density at radius 1 is 1.35 bits per heavy atom. The molecule has 88 valence electrons. The molecule has 2 aromatic rings. The number of hydrogen-bond acceptors (Lipinski definition) is 4. The Bertz CT molecular complexity index is 493. The molecule has 0 aliphatic carbocycles. The predicted octanol–water partition coefficient (Wildman–Crippen LogP) is 1.42. The van der Waals surface area contributed by atoms with Gasteiger partial charge in [0.05, 0.1) is 0 Å². The molecular weight excluding hydrogens is 218 g/mol. The third-order valence-corrected chi connectivity index (χ3v) is 2.34. The Kier molecular flexibility index (Phi) is 3.49. The van der Waals surface area contributed by atoms with Crippen molar-refractivity contribution in [1.29, 1.82) is 0 Å². The minimum atomic E-state index is -0.0375. The zero-order chi connectivity index (χ0) is 12.1. The van der Waals surface area contributed by atoms with Gasteiger partial charge in [-0.05, 0) is 0 Å². The standard InChI is InChI=1S/C12H13N3O2/c1-13-10(16)7-8-11-14-12(15-17-11)9-5-3-2-4-6-9/h2-6H,7-8H2,1H3,(H,13,16). The maximum Gasteiger partial charge on any atom is 0.227 e. The number of rotatable bonds is 4. The van der Waals surface area contributed by atoms with E-state index in [1.807, 2.05) is 30.3 Å². The number of nitrogens with one attached hydrogen (secondary N) is 1. The van der Waals surface area contributed by atoms with Gasteiger partial charge in [0.25, 0.3) is 0 Å². The predicted molar refractivity (Wildman–Crippen MR) is 62.1 cm³/mol. The second kappa shape index (κ2) is 5.25. The van der Waals surface area contributed by atoms with Crippen molar-refractivity contribution < 1.29 is 9.32 Å². The number of nitrogens with zero attached hydrogens (tertiary/aromatic N) is 2. The smallest absolute Gasteiger partial charge is 0.227 e. The van der Waals surface area contributed by atoms with E-state index in [1.54, 1.807) is 7.05 Å². The van der Waals surface area contributed by atoms with E-state index >= 15 is 0 Å². The lowest BCUT2D eigenvalue weighted by molar-refractivity contribution is -0.120. The van der Waals surface area contributed by atoms with Crippen LogP contribution >= 0.6 is 0 Å². The van der Waals surface area contributed by atoms with Crippen LogP contribution in [0.5, 0.6) is 0 Å². The van der Waals surface area contributed by atoms with Gasteiger partial charge in [0.2, 0.25) is 17.6 Å². The molecule has 1 aromatic heterocycles. The zero-order valence-electron chi connectivity index (χ0n) is 9.51. The third-order valence-electron chi connectivity index (χ3n) is 2.34. The van der Waals surface area contributed by atoms with Crippen molar-refractivity contribution in [3.05, 3.63) is 36.2 Å². The molecule has 1 amide bonds. The number of aryl methyl sites for hydroxylation is 1. The summed E-state index contributed by atoms with van der Waals surface area (Å²) in [4.78, 5) is 15.3. The number of hydrogen-bond donors (Lipinski definition) is 1. The molecule has 0 aliphatic rings. The van der Waals surface area contributed by atoms with Gasteiger partial charge in [0.1, 0.15) is 0 Å². The molecule has 0 bridgehead atoms. The lowest BCUT2D eigenvalue weighted by Gasteiger charge is -1.94. The van der Waals surface area contributed by atoms with Gasteiger partial charge in [-0.2, -0.15) is 4.98 Å². The van der Waals surface area contributed by atoms with Crippen LogP contribution in [0, 0.1) is 0 Å². The number of amides is 1. The molecule has 0 aliphatic heterocycles. The molecule has 5 heteroatoms. The number of aromatic nitrogens is 2. The van der Waals surface area contributed by atoms with Gasteiger partial charge >= 0.3 is 0 Å².